The fourth-order valence-electron chi connectivity index (χ4n) is 2.97. The van der Waals surface area contributed by atoms with Crippen molar-refractivity contribution in [1.82, 2.24) is 0 Å². The summed E-state index contributed by atoms with van der Waals surface area (Å²) in [5, 5.41) is 9.31. The first-order valence-electron chi connectivity index (χ1n) is 5.70. The molecule has 0 aromatic heterocycles. The van der Waals surface area contributed by atoms with Gasteiger partial charge in [0.05, 0.1) is 11.5 Å². The van der Waals surface area contributed by atoms with Crippen LogP contribution in [0.3, 0.4) is 0 Å². The molecule has 0 N–H and O–H groups in total. The summed E-state index contributed by atoms with van der Waals surface area (Å²) in [4.78, 5) is 0. The van der Waals surface area contributed by atoms with Crippen molar-refractivity contribution in [2.75, 3.05) is 0 Å². The zero-order valence-electron chi connectivity index (χ0n) is 9.21. The molecule has 1 heteroatoms. The topological polar surface area (TPSA) is 23.8 Å². The van der Waals surface area contributed by atoms with Gasteiger partial charge in [-0.1, -0.05) is 11.6 Å². The summed E-state index contributed by atoms with van der Waals surface area (Å²) >= 11 is 0. The van der Waals surface area contributed by atoms with E-state index < -0.39 is 0 Å². The van der Waals surface area contributed by atoms with Crippen LogP contribution in [0.1, 0.15) is 46.0 Å². The highest BCUT2D eigenvalue weighted by Crippen LogP contribution is 2.56. The van der Waals surface area contributed by atoms with Gasteiger partial charge < -0.3 is 0 Å². The third kappa shape index (κ3) is 1.59. The molecule has 0 aromatic carbocycles. The molecule has 76 valence electrons. The highest BCUT2D eigenvalue weighted by atomic mass is 14.5. The molecule has 2 fully saturated rings. The van der Waals surface area contributed by atoms with E-state index >= 15 is 0 Å². The van der Waals surface area contributed by atoms with E-state index in [2.05, 4.69) is 26.0 Å². The summed E-state index contributed by atoms with van der Waals surface area (Å²) < 4.78 is 0. The second-order valence-corrected chi connectivity index (χ2v) is 5.38. The number of hydrogen-bond donors (Lipinski definition) is 0. The lowest BCUT2D eigenvalue weighted by Gasteiger charge is -2.29. The summed E-state index contributed by atoms with van der Waals surface area (Å²) in [7, 11) is 0. The van der Waals surface area contributed by atoms with E-state index in [9.17, 15) is 5.26 Å². The third-order valence-electron chi connectivity index (χ3n) is 4.02. The van der Waals surface area contributed by atoms with E-state index in [1.54, 1.807) is 0 Å². The van der Waals surface area contributed by atoms with Crippen LogP contribution in [0.5, 0.6) is 0 Å². The van der Waals surface area contributed by atoms with Gasteiger partial charge in [0.2, 0.25) is 0 Å². The molecule has 0 amide bonds. The van der Waals surface area contributed by atoms with Crippen molar-refractivity contribution in [2.45, 2.75) is 46.0 Å². The van der Waals surface area contributed by atoms with Gasteiger partial charge in [0.1, 0.15) is 0 Å². The Balaban J connectivity index is 2.05. The lowest BCUT2D eigenvalue weighted by molar-refractivity contribution is 0.219. The quantitative estimate of drug-likeness (QED) is 0.608. The monoisotopic (exact) mass is 189 g/mol. The Morgan fingerprint density at radius 1 is 1.36 bits per heavy atom. The summed E-state index contributed by atoms with van der Waals surface area (Å²) in [5.41, 5.74) is 1.35. The van der Waals surface area contributed by atoms with Crippen LogP contribution in [0, 0.1) is 28.6 Å². The summed E-state index contributed by atoms with van der Waals surface area (Å²) in [5.74, 6) is 1.78. The minimum absolute atomic E-state index is 0.00308. The highest BCUT2D eigenvalue weighted by Gasteiger charge is 2.48. The summed E-state index contributed by atoms with van der Waals surface area (Å²) in [6.07, 6.45) is 8.31. The second kappa shape index (κ2) is 3.42. The number of nitrogens with zero attached hydrogens (tertiary/aromatic N) is 1. The summed E-state index contributed by atoms with van der Waals surface area (Å²) in [6, 6.07) is 2.59. The first-order chi connectivity index (χ1) is 6.65. The van der Waals surface area contributed by atoms with Gasteiger partial charge in [-0.15, -0.1) is 0 Å². The van der Waals surface area contributed by atoms with Crippen LogP contribution in [0.25, 0.3) is 0 Å². The van der Waals surface area contributed by atoms with E-state index in [0.29, 0.717) is 0 Å². The summed E-state index contributed by atoms with van der Waals surface area (Å²) in [6.45, 7) is 4.24. The molecule has 0 aliphatic heterocycles. The fourth-order valence-corrected chi connectivity index (χ4v) is 2.97. The highest BCUT2D eigenvalue weighted by molar-refractivity contribution is 5.13. The largest absolute Gasteiger partial charge is 0.198 e. The Morgan fingerprint density at radius 3 is 2.29 bits per heavy atom. The molecular formula is C13H19N. The van der Waals surface area contributed by atoms with Crippen LogP contribution >= 0.6 is 0 Å². The van der Waals surface area contributed by atoms with Crippen LogP contribution in [0.15, 0.2) is 11.6 Å². The van der Waals surface area contributed by atoms with Gasteiger partial charge in [-0.2, -0.15) is 5.26 Å². The second-order valence-electron chi connectivity index (χ2n) is 5.38. The molecule has 2 saturated carbocycles. The van der Waals surface area contributed by atoms with Crippen LogP contribution in [0.2, 0.25) is 0 Å². The van der Waals surface area contributed by atoms with Crippen molar-refractivity contribution in [1.29, 1.82) is 5.26 Å². The van der Waals surface area contributed by atoms with Gasteiger partial charge in [-0.3, -0.25) is 0 Å². The minimum Gasteiger partial charge on any atom is -0.198 e. The maximum Gasteiger partial charge on any atom is 0.0693 e. The zero-order chi connectivity index (χ0) is 10.2. The molecule has 0 aromatic rings. The maximum absolute atomic E-state index is 9.31. The molecular weight excluding hydrogens is 170 g/mol. The predicted molar refractivity (Wildman–Crippen MR) is 57.5 cm³/mol. The normalized spacial score (nSPS) is 39.5. The van der Waals surface area contributed by atoms with Crippen molar-refractivity contribution < 1.29 is 0 Å². The molecule has 0 spiro atoms. The SMILES string of the molecule is CC(C)=CCC1(C#N)C[C@H]2CC[C@H]2C1. The number of nitriles is 1. The molecule has 1 nitrogen and oxygen atoms in total. The lowest BCUT2D eigenvalue weighted by Crippen LogP contribution is -2.18. The Bertz CT molecular complexity index is 279. The third-order valence-corrected chi connectivity index (χ3v) is 4.02. The van der Waals surface area contributed by atoms with Crippen molar-refractivity contribution in [2.24, 2.45) is 17.3 Å². The molecule has 3 atom stereocenters. The van der Waals surface area contributed by atoms with Crippen LogP contribution in [-0.4, -0.2) is 0 Å². The average Bonchev–Trinajstić information content (AvgIpc) is 2.39. The molecule has 0 saturated heterocycles. The van der Waals surface area contributed by atoms with E-state index in [1.807, 2.05) is 0 Å². The Hall–Kier alpha value is -0.770. The van der Waals surface area contributed by atoms with Crippen LogP contribution < -0.4 is 0 Å². The zero-order valence-corrected chi connectivity index (χ0v) is 9.21. The van der Waals surface area contributed by atoms with Crippen molar-refractivity contribution >= 4 is 0 Å². The molecule has 0 bridgehead atoms. The van der Waals surface area contributed by atoms with Gasteiger partial charge in [-0.05, 0) is 57.8 Å². The number of rotatable bonds is 2. The fraction of sp³-hybridized carbons (Fsp3) is 0.769. The van der Waals surface area contributed by atoms with Crippen LogP contribution in [-0.2, 0) is 0 Å². The number of hydrogen-bond acceptors (Lipinski definition) is 1. The number of fused-ring (bicyclic) bond motifs is 1. The molecule has 14 heavy (non-hydrogen) atoms. The smallest absolute Gasteiger partial charge is 0.0693 e. The van der Waals surface area contributed by atoms with Gasteiger partial charge in [0.15, 0.2) is 0 Å². The molecule has 2 aliphatic rings. The Kier molecular flexibility index (Phi) is 2.39. The minimum atomic E-state index is 0.00308. The lowest BCUT2D eigenvalue weighted by atomic mass is 9.77. The van der Waals surface area contributed by atoms with Gasteiger partial charge in [0, 0.05) is 0 Å². The van der Waals surface area contributed by atoms with E-state index in [0.717, 1.165) is 31.1 Å². The molecule has 0 radical (unpaired) electrons. The van der Waals surface area contributed by atoms with Crippen molar-refractivity contribution in [3.63, 3.8) is 0 Å². The Labute approximate surface area is 86.8 Å². The molecule has 1 unspecified atom stereocenters. The van der Waals surface area contributed by atoms with E-state index in [4.69, 9.17) is 0 Å². The van der Waals surface area contributed by atoms with Gasteiger partial charge in [0.25, 0.3) is 0 Å². The van der Waals surface area contributed by atoms with Gasteiger partial charge >= 0.3 is 0 Å². The molecule has 2 aliphatic carbocycles. The van der Waals surface area contributed by atoms with Crippen molar-refractivity contribution in [3.8, 4) is 6.07 Å². The standard InChI is InChI=1S/C13H19N/c1-10(2)5-6-13(9-14)7-11-3-4-12(11)8-13/h5,11-12H,3-4,6-8H2,1-2H3/t11-,12+,13?. The van der Waals surface area contributed by atoms with E-state index in [-0.39, 0.29) is 5.41 Å². The predicted octanol–water partition coefficient (Wildman–Crippen LogP) is 3.67. The van der Waals surface area contributed by atoms with Crippen LogP contribution in [0.4, 0.5) is 0 Å². The van der Waals surface area contributed by atoms with Gasteiger partial charge in [-0.25, -0.2) is 0 Å². The Morgan fingerprint density at radius 2 is 1.93 bits per heavy atom. The first-order valence-corrected chi connectivity index (χ1v) is 5.70. The number of allylic oxidation sites excluding steroid dienone is 2. The maximum atomic E-state index is 9.31. The molecule has 0 heterocycles. The average molecular weight is 189 g/mol. The van der Waals surface area contributed by atoms with Crippen molar-refractivity contribution in [3.05, 3.63) is 11.6 Å². The first kappa shape index (κ1) is 9.77. The van der Waals surface area contributed by atoms with E-state index in [1.165, 1.54) is 18.4 Å². The molecule has 2 rings (SSSR count).